The number of rotatable bonds is 6. The van der Waals surface area contributed by atoms with Crippen LogP contribution in [0.25, 0.3) is 0 Å². The molecule has 1 aliphatic heterocycles. The van der Waals surface area contributed by atoms with Crippen molar-refractivity contribution in [1.29, 1.82) is 0 Å². The first kappa shape index (κ1) is 24.8. The van der Waals surface area contributed by atoms with Crippen LogP contribution in [0, 0.1) is 5.82 Å². The van der Waals surface area contributed by atoms with Crippen LogP contribution in [0.15, 0.2) is 28.7 Å². The van der Waals surface area contributed by atoms with Crippen LogP contribution in [-0.4, -0.2) is 48.1 Å². The van der Waals surface area contributed by atoms with E-state index in [1.54, 1.807) is 23.6 Å². The van der Waals surface area contributed by atoms with Crippen LogP contribution in [-0.2, 0) is 11.8 Å². The first-order valence-corrected chi connectivity index (χ1v) is 11.1. The molecule has 166 valence electrons. The predicted octanol–water partition coefficient (Wildman–Crippen LogP) is 3.97. The summed E-state index contributed by atoms with van der Waals surface area (Å²) in [6.45, 7) is 11.5. The van der Waals surface area contributed by atoms with Gasteiger partial charge in [0.2, 0.25) is 0 Å². The first-order valence-electron chi connectivity index (χ1n) is 10.2. The van der Waals surface area contributed by atoms with E-state index in [4.69, 9.17) is 9.98 Å². The zero-order chi connectivity index (χ0) is 20.9. The monoisotopic (exact) mass is 546 g/mol. The molecular formula is C21H32FIN6S. The van der Waals surface area contributed by atoms with Crippen molar-refractivity contribution in [3.63, 3.8) is 0 Å². The lowest BCUT2D eigenvalue weighted by Gasteiger charge is -2.19. The van der Waals surface area contributed by atoms with Gasteiger partial charge in [-0.05, 0) is 25.5 Å². The molecule has 9 heteroatoms. The van der Waals surface area contributed by atoms with Crippen molar-refractivity contribution in [3.8, 4) is 0 Å². The topological polar surface area (TPSA) is 65.4 Å². The molecule has 3 heterocycles. The highest BCUT2D eigenvalue weighted by molar-refractivity contribution is 14.0. The van der Waals surface area contributed by atoms with Crippen LogP contribution in [0.2, 0.25) is 0 Å². The summed E-state index contributed by atoms with van der Waals surface area (Å²) >= 11 is 1.70. The van der Waals surface area contributed by atoms with E-state index in [-0.39, 0.29) is 41.3 Å². The van der Waals surface area contributed by atoms with Gasteiger partial charge in [0.15, 0.2) is 17.6 Å². The lowest BCUT2D eigenvalue weighted by Crippen LogP contribution is -2.44. The molecule has 0 spiro atoms. The maximum Gasteiger partial charge on any atom is 0.191 e. The molecule has 2 aromatic rings. The van der Waals surface area contributed by atoms with E-state index in [1.807, 2.05) is 4.90 Å². The fourth-order valence-corrected chi connectivity index (χ4v) is 4.24. The molecule has 0 aromatic carbocycles. The van der Waals surface area contributed by atoms with Crippen LogP contribution in [0.5, 0.6) is 0 Å². The minimum absolute atomic E-state index is 0. The van der Waals surface area contributed by atoms with Crippen LogP contribution in [0.3, 0.4) is 0 Å². The van der Waals surface area contributed by atoms with Crippen molar-refractivity contribution in [2.45, 2.75) is 52.0 Å². The maximum atomic E-state index is 14.0. The summed E-state index contributed by atoms with van der Waals surface area (Å²) < 4.78 is 14.0. The third kappa shape index (κ3) is 6.76. The molecule has 6 nitrogen and oxygen atoms in total. The molecule has 0 saturated carbocycles. The number of aliphatic imine (C=N–C) groups is 1. The molecule has 3 rings (SSSR count). The van der Waals surface area contributed by atoms with Crippen LogP contribution in [0.4, 0.5) is 10.2 Å². The van der Waals surface area contributed by atoms with E-state index >= 15 is 0 Å². The molecule has 2 aromatic heterocycles. The summed E-state index contributed by atoms with van der Waals surface area (Å²) in [6, 6.07) is 3.28. The number of guanidine groups is 1. The third-order valence-electron chi connectivity index (χ3n) is 4.83. The van der Waals surface area contributed by atoms with Crippen molar-refractivity contribution in [2.24, 2.45) is 4.99 Å². The van der Waals surface area contributed by atoms with Gasteiger partial charge in [0.25, 0.3) is 0 Å². The number of nitrogens with one attached hydrogen (secondary N) is 2. The lowest BCUT2D eigenvalue weighted by molar-refractivity contribution is 0.571. The van der Waals surface area contributed by atoms with E-state index in [0.717, 1.165) is 42.6 Å². The molecule has 1 unspecified atom stereocenters. The minimum atomic E-state index is -0.271. The Morgan fingerprint density at radius 1 is 1.40 bits per heavy atom. The van der Waals surface area contributed by atoms with E-state index in [0.29, 0.717) is 18.9 Å². The summed E-state index contributed by atoms with van der Waals surface area (Å²) in [6.07, 6.45) is 3.38. The lowest BCUT2D eigenvalue weighted by atomic mass is 9.93. The molecular weight excluding hydrogens is 514 g/mol. The molecule has 30 heavy (non-hydrogen) atoms. The smallest absolute Gasteiger partial charge is 0.191 e. The van der Waals surface area contributed by atoms with Crippen molar-refractivity contribution in [3.05, 3.63) is 40.2 Å². The Bertz CT molecular complexity index is 835. The van der Waals surface area contributed by atoms with Gasteiger partial charge in [0.1, 0.15) is 0 Å². The number of halogens is 2. The molecule has 0 radical (unpaired) electrons. The summed E-state index contributed by atoms with van der Waals surface area (Å²) in [5.74, 6) is 0.956. The number of anilines is 1. The third-order valence-corrected chi connectivity index (χ3v) is 5.74. The number of hydrogen-bond acceptors (Lipinski definition) is 5. The molecule has 0 aliphatic carbocycles. The van der Waals surface area contributed by atoms with Gasteiger partial charge in [-0.3, -0.25) is 4.99 Å². The van der Waals surface area contributed by atoms with Gasteiger partial charge in [-0.15, -0.1) is 35.3 Å². The molecule has 0 amide bonds. The fraction of sp³-hybridized carbons (Fsp3) is 0.571. The van der Waals surface area contributed by atoms with Crippen molar-refractivity contribution >= 4 is 47.1 Å². The van der Waals surface area contributed by atoms with Crippen LogP contribution >= 0.6 is 35.3 Å². The Labute approximate surface area is 199 Å². The fourth-order valence-electron chi connectivity index (χ4n) is 3.23. The second-order valence-corrected chi connectivity index (χ2v) is 9.21. The van der Waals surface area contributed by atoms with Crippen LogP contribution in [0.1, 0.15) is 44.8 Å². The summed E-state index contributed by atoms with van der Waals surface area (Å²) in [4.78, 5) is 15.6. The van der Waals surface area contributed by atoms with E-state index in [1.165, 1.54) is 6.07 Å². The Morgan fingerprint density at radius 3 is 2.87 bits per heavy atom. The molecule has 2 N–H and O–H groups in total. The highest BCUT2D eigenvalue weighted by Gasteiger charge is 2.26. The van der Waals surface area contributed by atoms with Crippen LogP contribution < -0.4 is 15.5 Å². The zero-order valence-corrected chi connectivity index (χ0v) is 21.3. The van der Waals surface area contributed by atoms with Crippen molar-refractivity contribution in [2.75, 3.05) is 31.1 Å². The summed E-state index contributed by atoms with van der Waals surface area (Å²) in [5, 5.41) is 10.0. The molecule has 0 bridgehead atoms. The standard InChI is InChI=1S/C21H31FN6S.HI/c1-5-23-20(25-11-8-18-27-17(14-29-18)21(2,3)4)26-15-9-12-28(13-15)19-16(22)7-6-10-24-19;/h6-7,10,14-15H,5,8-9,11-13H2,1-4H3,(H2,23,25,26);1H. The number of hydrogen-bond donors (Lipinski definition) is 2. The van der Waals surface area contributed by atoms with Gasteiger partial charge in [0.05, 0.1) is 10.7 Å². The van der Waals surface area contributed by atoms with Gasteiger partial charge in [-0.1, -0.05) is 20.8 Å². The van der Waals surface area contributed by atoms with E-state index in [9.17, 15) is 4.39 Å². The average Bonchev–Trinajstić information content (AvgIpc) is 3.32. The highest BCUT2D eigenvalue weighted by Crippen LogP contribution is 2.24. The number of pyridine rings is 1. The van der Waals surface area contributed by atoms with Gasteiger partial charge in [-0.2, -0.15) is 0 Å². The molecule has 1 atom stereocenters. The number of aromatic nitrogens is 2. The second-order valence-electron chi connectivity index (χ2n) is 8.27. The first-order chi connectivity index (χ1) is 13.9. The van der Waals surface area contributed by atoms with E-state index in [2.05, 4.69) is 48.7 Å². The Hall–Kier alpha value is -1.49. The van der Waals surface area contributed by atoms with Gasteiger partial charge in [-0.25, -0.2) is 14.4 Å². The second kappa shape index (κ2) is 11.2. The van der Waals surface area contributed by atoms with Gasteiger partial charge < -0.3 is 15.5 Å². The van der Waals surface area contributed by atoms with Gasteiger partial charge >= 0.3 is 0 Å². The zero-order valence-electron chi connectivity index (χ0n) is 18.1. The predicted molar refractivity (Wildman–Crippen MR) is 134 cm³/mol. The molecule has 1 saturated heterocycles. The summed E-state index contributed by atoms with van der Waals surface area (Å²) in [5.41, 5.74) is 1.22. The van der Waals surface area contributed by atoms with Gasteiger partial charge in [0, 0.05) is 55.6 Å². The van der Waals surface area contributed by atoms with E-state index < -0.39 is 0 Å². The minimum Gasteiger partial charge on any atom is -0.357 e. The quantitative estimate of drug-likeness (QED) is 0.326. The Kier molecular flexibility index (Phi) is 9.27. The largest absolute Gasteiger partial charge is 0.357 e. The number of thiazole rings is 1. The highest BCUT2D eigenvalue weighted by atomic mass is 127. The molecule has 1 fully saturated rings. The Balaban J connectivity index is 0.00000320. The number of nitrogens with zero attached hydrogens (tertiary/aromatic N) is 4. The maximum absolute atomic E-state index is 14.0. The summed E-state index contributed by atoms with van der Waals surface area (Å²) in [7, 11) is 0. The Morgan fingerprint density at radius 2 is 2.20 bits per heavy atom. The van der Waals surface area contributed by atoms with Crippen molar-refractivity contribution in [1.82, 2.24) is 20.6 Å². The normalized spacial score (nSPS) is 17.0. The SMILES string of the molecule is CCNC(=NCCc1nc(C(C)(C)C)cs1)NC1CCN(c2ncccc2F)C1.I. The van der Waals surface area contributed by atoms with Crippen molar-refractivity contribution < 1.29 is 4.39 Å². The average molecular weight is 546 g/mol. The molecule has 1 aliphatic rings.